The summed E-state index contributed by atoms with van der Waals surface area (Å²) < 4.78 is 2.75. The number of hydrogen-bond acceptors (Lipinski definition) is 4. The van der Waals surface area contributed by atoms with Crippen molar-refractivity contribution in [2.24, 2.45) is 11.8 Å². The molecule has 6 heteroatoms. The Hall–Kier alpha value is -3.02. The van der Waals surface area contributed by atoms with Crippen molar-refractivity contribution in [1.82, 2.24) is 9.13 Å². The van der Waals surface area contributed by atoms with Gasteiger partial charge in [0.15, 0.2) is 0 Å². The Balaban J connectivity index is 1.87. The van der Waals surface area contributed by atoms with E-state index in [2.05, 4.69) is 27.7 Å². The van der Waals surface area contributed by atoms with Gasteiger partial charge in [-0.3, -0.25) is 28.3 Å². The molecule has 2 atom stereocenters. The summed E-state index contributed by atoms with van der Waals surface area (Å²) in [5.41, 5.74) is -1.12. The maximum absolute atomic E-state index is 13.5. The molecule has 36 heavy (non-hydrogen) atoms. The fourth-order valence-corrected chi connectivity index (χ4v) is 5.65. The van der Waals surface area contributed by atoms with E-state index in [0.29, 0.717) is 45.4 Å². The largest absolute Gasteiger partial charge is 0.274 e. The Morgan fingerprint density at radius 3 is 1.25 bits per heavy atom. The van der Waals surface area contributed by atoms with Crippen molar-refractivity contribution in [3.8, 4) is 0 Å². The van der Waals surface area contributed by atoms with E-state index in [4.69, 9.17) is 0 Å². The molecule has 4 rings (SSSR count). The number of unbranched alkanes of at least 4 members (excludes halogenated alkanes) is 2. The number of aromatic nitrogens is 2. The van der Waals surface area contributed by atoms with E-state index < -0.39 is 0 Å². The summed E-state index contributed by atoms with van der Waals surface area (Å²) in [6.07, 6.45) is 8.08. The maximum atomic E-state index is 13.5. The molecule has 0 aliphatic rings. The van der Waals surface area contributed by atoms with E-state index in [-0.39, 0.29) is 34.1 Å². The molecule has 2 aromatic carbocycles. The molecular formula is C30H38N2O4. The van der Waals surface area contributed by atoms with Gasteiger partial charge in [0.05, 0.1) is 21.5 Å². The molecule has 2 heterocycles. The van der Waals surface area contributed by atoms with Gasteiger partial charge >= 0.3 is 0 Å². The first-order valence-electron chi connectivity index (χ1n) is 13.7. The van der Waals surface area contributed by atoms with E-state index in [1.165, 1.54) is 9.13 Å². The predicted octanol–water partition coefficient (Wildman–Crippen LogP) is 5.50. The van der Waals surface area contributed by atoms with E-state index in [1.807, 2.05) is 0 Å². The molecule has 2 unspecified atom stereocenters. The standard InChI is InChI=1S/C30H38N2O4/c1-5-9-11-19(7-3)17-31-27(33)23-15-13-22-21(25(23)29(31)35)14-16-24-26(22)30(36)32(28(24)34)18-20(8-4)12-10-6-2/h13-16,19-20H,5-12,17-18H2,1-4H3. The third kappa shape index (κ3) is 4.46. The third-order valence-electron chi connectivity index (χ3n) is 8.04. The van der Waals surface area contributed by atoms with Crippen LogP contribution in [0, 0.1) is 11.8 Å². The predicted molar refractivity (Wildman–Crippen MR) is 149 cm³/mol. The molecule has 6 nitrogen and oxygen atoms in total. The fourth-order valence-electron chi connectivity index (χ4n) is 5.65. The van der Waals surface area contributed by atoms with E-state index in [0.717, 1.165) is 51.4 Å². The number of rotatable bonds is 12. The zero-order chi connectivity index (χ0) is 26.0. The van der Waals surface area contributed by atoms with Gasteiger partial charge in [-0.25, -0.2) is 0 Å². The van der Waals surface area contributed by atoms with Crippen molar-refractivity contribution in [3.05, 3.63) is 65.7 Å². The molecular weight excluding hydrogens is 452 g/mol. The number of nitrogens with zero attached hydrogens (tertiary/aromatic N) is 2. The Morgan fingerprint density at radius 1 is 0.556 bits per heavy atom. The number of fused-ring (bicyclic) bond motifs is 5. The van der Waals surface area contributed by atoms with Crippen molar-refractivity contribution < 1.29 is 0 Å². The van der Waals surface area contributed by atoms with Crippen LogP contribution in [0.5, 0.6) is 0 Å². The Bertz CT molecular complexity index is 1460. The minimum atomic E-state index is -0.297. The monoisotopic (exact) mass is 490 g/mol. The minimum absolute atomic E-state index is 0.266. The summed E-state index contributed by atoms with van der Waals surface area (Å²) in [5.74, 6) is 0.546. The summed E-state index contributed by atoms with van der Waals surface area (Å²) in [6, 6.07) is 6.78. The Labute approximate surface area is 211 Å². The second-order valence-electron chi connectivity index (χ2n) is 10.3. The lowest BCUT2D eigenvalue weighted by Crippen LogP contribution is -2.29. The van der Waals surface area contributed by atoms with Crippen LogP contribution in [0.3, 0.4) is 0 Å². The average Bonchev–Trinajstić information content (AvgIpc) is 3.28. The molecule has 0 radical (unpaired) electrons. The van der Waals surface area contributed by atoms with Crippen LogP contribution >= 0.6 is 0 Å². The molecule has 0 N–H and O–H groups in total. The van der Waals surface area contributed by atoms with E-state index in [1.54, 1.807) is 24.3 Å². The van der Waals surface area contributed by atoms with Crippen molar-refractivity contribution >= 4 is 32.3 Å². The van der Waals surface area contributed by atoms with Crippen molar-refractivity contribution in [2.45, 2.75) is 92.2 Å². The second-order valence-corrected chi connectivity index (χ2v) is 10.3. The summed E-state index contributed by atoms with van der Waals surface area (Å²) in [6.45, 7) is 9.29. The minimum Gasteiger partial charge on any atom is -0.274 e. The molecule has 2 aromatic heterocycles. The van der Waals surface area contributed by atoms with Gasteiger partial charge in [-0.1, -0.05) is 78.4 Å². The summed E-state index contributed by atoms with van der Waals surface area (Å²) in [5, 5.41) is 2.65. The number of hydrogen-bond donors (Lipinski definition) is 0. The van der Waals surface area contributed by atoms with Crippen molar-refractivity contribution in [2.75, 3.05) is 0 Å². The van der Waals surface area contributed by atoms with Gasteiger partial charge in [0.2, 0.25) is 0 Å². The number of benzene rings is 2. The molecule has 0 spiro atoms. The highest BCUT2D eigenvalue weighted by molar-refractivity contribution is 6.17. The lowest BCUT2D eigenvalue weighted by atomic mass is 9.99. The van der Waals surface area contributed by atoms with Crippen LogP contribution in [0.4, 0.5) is 0 Å². The highest BCUT2D eigenvalue weighted by Gasteiger charge is 2.22. The molecule has 0 amide bonds. The van der Waals surface area contributed by atoms with Crippen LogP contribution in [0.15, 0.2) is 43.4 Å². The quantitative estimate of drug-likeness (QED) is 0.263. The molecule has 0 saturated carbocycles. The topological polar surface area (TPSA) is 78.1 Å². The lowest BCUT2D eigenvalue weighted by Gasteiger charge is -2.13. The smallest absolute Gasteiger partial charge is 0.262 e. The summed E-state index contributed by atoms with van der Waals surface area (Å²) >= 11 is 0. The van der Waals surface area contributed by atoms with Crippen molar-refractivity contribution in [1.29, 1.82) is 0 Å². The molecule has 192 valence electrons. The van der Waals surface area contributed by atoms with Gasteiger partial charge in [0.25, 0.3) is 22.2 Å². The van der Waals surface area contributed by atoms with Crippen LogP contribution in [-0.4, -0.2) is 9.13 Å². The molecule has 0 fully saturated rings. The van der Waals surface area contributed by atoms with Gasteiger partial charge in [0, 0.05) is 13.1 Å². The van der Waals surface area contributed by atoms with Gasteiger partial charge < -0.3 is 0 Å². The third-order valence-corrected chi connectivity index (χ3v) is 8.04. The zero-order valence-electron chi connectivity index (χ0n) is 22.1. The maximum Gasteiger partial charge on any atom is 0.262 e. The average molecular weight is 491 g/mol. The van der Waals surface area contributed by atoms with Crippen LogP contribution in [0.1, 0.15) is 79.1 Å². The Morgan fingerprint density at radius 2 is 0.917 bits per heavy atom. The lowest BCUT2D eigenvalue weighted by molar-refractivity contribution is 0.384. The van der Waals surface area contributed by atoms with Crippen LogP contribution in [0.25, 0.3) is 32.3 Å². The Kier molecular flexibility index (Phi) is 7.91. The van der Waals surface area contributed by atoms with Gasteiger partial charge in [-0.05, 0) is 47.6 Å². The van der Waals surface area contributed by atoms with E-state index >= 15 is 0 Å². The summed E-state index contributed by atoms with van der Waals surface area (Å²) in [7, 11) is 0. The molecule has 0 saturated heterocycles. The first-order valence-corrected chi connectivity index (χ1v) is 13.7. The molecule has 0 aliphatic heterocycles. The normalized spacial score (nSPS) is 13.8. The van der Waals surface area contributed by atoms with E-state index in [9.17, 15) is 19.2 Å². The SMILES string of the molecule is CCCCC(CC)Cn1c(=O)c2ccc3c(ccc4c(=O)n(CC(CC)CCCC)c(=O)c43)c2c1=O. The first kappa shape index (κ1) is 26.1. The first-order chi connectivity index (χ1) is 17.4. The van der Waals surface area contributed by atoms with Gasteiger partial charge in [-0.2, -0.15) is 0 Å². The molecule has 0 aliphatic carbocycles. The van der Waals surface area contributed by atoms with Gasteiger partial charge in [-0.15, -0.1) is 0 Å². The fraction of sp³-hybridized carbons (Fsp3) is 0.533. The second kappa shape index (κ2) is 10.9. The summed E-state index contributed by atoms with van der Waals surface area (Å²) in [4.78, 5) is 53.4. The van der Waals surface area contributed by atoms with Gasteiger partial charge in [0.1, 0.15) is 0 Å². The van der Waals surface area contributed by atoms with Crippen LogP contribution in [-0.2, 0) is 13.1 Å². The zero-order valence-corrected chi connectivity index (χ0v) is 22.1. The van der Waals surface area contributed by atoms with Crippen LogP contribution in [0.2, 0.25) is 0 Å². The van der Waals surface area contributed by atoms with Crippen LogP contribution < -0.4 is 22.2 Å². The highest BCUT2D eigenvalue weighted by Crippen LogP contribution is 2.27. The highest BCUT2D eigenvalue weighted by atomic mass is 16.2. The van der Waals surface area contributed by atoms with Crippen molar-refractivity contribution in [3.63, 3.8) is 0 Å². The molecule has 0 bridgehead atoms. The molecule has 4 aromatic rings.